The molecule has 0 aromatic carbocycles. The van der Waals surface area contributed by atoms with Crippen molar-refractivity contribution in [3.8, 4) is 0 Å². The molecule has 2 rings (SSSR count). The Balaban J connectivity index is 2.00. The van der Waals surface area contributed by atoms with Crippen LogP contribution in [0, 0.1) is 12.8 Å². The van der Waals surface area contributed by atoms with Crippen molar-refractivity contribution in [1.82, 2.24) is 4.98 Å². The SMILES string of the molecule is Cc1ccc(N[C@H]2CCC[C@H]2C)cn1. The van der Waals surface area contributed by atoms with Crippen molar-refractivity contribution in [2.75, 3.05) is 5.32 Å². The molecule has 1 fully saturated rings. The molecule has 0 amide bonds. The lowest BCUT2D eigenvalue weighted by Gasteiger charge is -2.18. The van der Waals surface area contributed by atoms with Crippen LogP contribution in [0.25, 0.3) is 0 Å². The molecule has 0 aliphatic heterocycles. The van der Waals surface area contributed by atoms with Gasteiger partial charge in [-0.2, -0.15) is 0 Å². The minimum Gasteiger partial charge on any atom is -0.381 e. The van der Waals surface area contributed by atoms with E-state index in [1.165, 1.54) is 19.3 Å². The van der Waals surface area contributed by atoms with Crippen LogP contribution in [0.15, 0.2) is 18.3 Å². The summed E-state index contributed by atoms with van der Waals surface area (Å²) in [5, 5.41) is 3.56. The van der Waals surface area contributed by atoms with Crippen LogP contribution in [0.5, 0.6) is 0 Å². The largest absolute Gasteiger partial charge is 0.381 e. The van der Waals surface area contributed by atoms with Crippen molar-refractivity contribution >= 4 is 5.69 Å². The van der Waals surface area contributed by atoms with Crippen LogP contribution in [-0.4, -0.2) is 11.0 Å². The third-order valence-electron chi connectivity index (χ3n) is 3.12. The average molecular weight is 190 g/mol. The zero-order chi connectivity index (χ0) is 9.97. The summed E-state index contributed by atoms with van der Waals surface area (Å²) in [5.41, 5.74) is 2.24. The first-order chi connectivity index (χ1) is 6.75. The second-order valence-electron chi connectivity index (χ2n) is 4.35. The van der Waals surface area contributed by atoms with Crippen molar-refractivity contribution in [3.05, 3.63) is 24.0 Å². The Kier molecular flexibility index (Phi) is 2.71. The Morgan fingerprint density at radius 1 is 1.36 bits per heavy atom. The smallest absolute Gasteiger partial charge is 0.0529 e. The molecule has 1 aliphatic rings. The van der Waals surface area contributed by atoms with E-state index in [1.807, 2.05) is 13.1 Å². The fourth-order valence-corrected chi connectivity index (χ4v) is 2.13. The number of hydrogen-bond acceptors (Lipinski definition) is 2. The minimum atomic E-state index is 0.652. The first-order valence-electron chi connectivity index (χ1n) is 5.45. The maximum Gasteiger partial charge on any atom is 0.0529 e. The van der Waals surface area contributed by atoms with E-state index in [9.17, 15) is 0 Å². The number of pyridine rings is 1. The fraction of sp³-hybridized carbons (Fsp3) is 0.583. The Bertz CT molecular complexity index is 292. The number of nitrogens with zero attached hydrogens (tertiary/aromatic N) is 1. The molecule has 0 spiro atoms. The quantitative estimate of drug-likeness (QED) is 0.775. The predicted molar refractivity (Wildman–Crippen MR) is 59.4 cm³/mol. The molecule has 1 heterocycles. The Morgan fingerprint density at radius 2 is 2.21 bits per heavy atom. The van der Waals surface area contributed by atoms with Gasteiger partial charge in [-0.05, 0) is 37.8 Å². The van der Waals surface area contributed by atoms with Gasteiger partial charge in [0.25, 0.3) is 0 Å². The van der Waals surface area contributed by atoms with E-state index in [0.29, 0.717) is 6.04 Å². The highest BCUT2D eigenvalue weighted by molar-refractivity contribution is 5.42. The van der Waals surface area contributed by atoms with E-state index in [4.69, 9.17) is 0 Å². The van der Waals surface area contributed by atoms with Crippen LogP contribution in [0.4, 0.5) is 5.69 Å². The molecule has 1 saturated carbocycles. The van der Waals surface area contributed by atoms with E-state index in [-0.39, 0.29) is 0 Å². The molecule has 0 saturated heterocycles. The molecule has 1 aromatic rings. The highest BCUT2D eigenvalue weighted by Crippen LogP contribution is 2.27. The van der Waals surface area contributed by atoms with Crippen molar-refractivity contribution < 1.29 is 0 Å². The summed E-state index contributed by atoms with van der Waals surface area (Å²) < 4.78 is 0. The third kappa shape index (κ3) is 2.06. The third-order valence-corrected chi connectivity index (χ3v) is 3.12. The molecule has 1 aliphatic carbocycles. The van der Waals surface area contributed by atoms with Crippen LogP contribution < -0.4 is 5.32 Å². The first kappa shape index (κ1) is 9.50. The first-order valence-corrected chi connectivity index (χ1v) is 5.45. The summed E-state index contributed by atoms with van der Waals surface area (Å²) in [5.74, 6) is 0.802. The molecular weight excluding hydrogens is 172 g/mol. The molecule has 76 valence electrons. The number of aromatic nitrogens is 1. The summed E-state index contributed by atoms with van der Waals surface area (Å²) in [7, 11) is 0. The van der Waals surface area contributed by atoms with E-state index < -0.39 is 0 Å². The van der Waals surface area contributed by atoms with Crippen molar-refractivity contribution in [2.24, 2.45) is 5.92 Å². The fourth-order valence-electron chi connectivity index (χ4n) is 2.13. The van der Waals surface area contributed by atoms with Gasteiger partial charge in [0.2, 0.25) is 0 Å². The molecule has 2 nitrogen and oxygen atoms in total. The highest BCUT2D eigenvalue weighted by Gasteiger charge is 2.22. The lowest BCUT2D eigenvalue weighted by molar-refractivity contribution is 0.556. The van der Waals surface area contributed by atoms with Gasteiger partial charge in [-0.25, -0.2) is 0 Å². The van der Waals surface area contributed by atoms with E-state index in [1.54, 1.807) is 0 Å². The Morgan fingerprint density at radius 3 is 2.79 bits per heavy atom. The van der Waals surface area contributed by atoms with Gasteiger partial charge in [-0.1, -0.05) is 13.3 Å². The van der Waals surface area contributed by atoms with E-state index in [2.05, 4.69) is 29.4 Å². The lowest BCUT2D eigenvalue weighted by atomic mass is 10.1. The second kappa shape index (κ2) is 3.99. The molecule has 0 radical (unpaired) electrons. The number of aryl methyl sites for hydroxylation is 1. The van der Waals surface area contributed by atoms with Crippen LogP contribution >= 0.6 is 0 Å². The van der Waals surface area contributed by atoms with Crippen LogP contribution in [0.1, 0.15) is 31.9 Å². The van der Waals surface area contributed by atoms with Crippen molar-refractivity contribution in [1.29, 1.82) is 0 Å². The van der Waals surface area contributed by atoms with Crippen molar-refractivity contribution in [2.45, 2.75) is 39.2 Å². The molecular formula is C12H18N2. The van der Waals surface area contributed by atoms with Crippen LogP contribution in [0.3, 0.4) is 0 Å². The predicted octanol–water partition coefficient (Wildman–Crippen LogP) is 2.99. The molecule has 1 aromatic heterocycles. The summed E-state index contributed by atoms with van der Waals surface area (Å²) >= 11 is 0. The molecule has 0 bridgehead atoms. The van der Waals surface area contributed by atoms with Gasteiger partial charge < -0.3 is 5.32 Å². The zero-order valence-electron chi connectivity index (χ0n) is 8.96. The van der Waals surface area contributed by atoms with Gasteiger partial charge in [0.1, 0.15) is 0 Å². The molecule has 1 N–H and O–H groups in total. The normalized spacial score (nSPS) is 26.4. The summed E-state index contributed by atoms with van der Waals surface area (Å²) in [6.45, 7) is 4.34. The lowest BCUT2D eigenvalue weighted by Crippen LogP contribution is -2.21. The second-order valence-corrected chi connectivity index (χ2v) is 4.35. The monoisotopic (exact) mass is 190 g/mol. The number of anilines is 1. The van der Waals surface area contributed by atoms with Gasteiger partial charge in [-0.15, -0.1) is 0 Å². The zero-order valence-corrected chi connectivity index (χ0v) is 8.96. The highest BCUT2D eigenvalue weighted by atomic mass is 14.9. The molecule has 14 heavy (non-hydrogen) atoms. The summed E-state index contributed by atoms with van der Waals surface area (Å²) in [4.78, 5) is 4.28. The molecule has 2 atom stereocenters. The van der Waals surface area contributed by atoms with Gasteiger partial charge in [-0.3, -0.25) is 4.98 Å². The van der Waals surface area contributed by atoms with Gasteiger partial charge in [0.05, 0.1) is 11.9 Å². The van der Waals surface area contributed by atoms with Crippen molar-refractivity contribution in [3.63, 3.8) is 0 Å². The number of rotatable bonds is 2. The van der Waals surface area contributed by atoms with Gasteiger partial charge >= 0.3 is 0 Å². The maximum absolute atomic E-state index is 4.28. The molecule has 0 unspecified atom stereocenters. The minimum absolute atomic E-state index is 0.652. The Hall–Kier alpha value is -1.05. The summed E-state index contributed by atoms with van der Waals surface area (Å²) in [6.07, 6.45) is 5.95. The van der Waals surface area contributed by atoms with Crippen LogP contribution in [-0.2, 0) is 0 Å². The number of hydrogen-bond donors (Lipinski definition) is 1. The van der Waals surface area contributed by atoms with Gasteiger partial charge in [0, 0.05) is 11.7 Å². The maximum atomic E-state index is 4.28. The Labute approximate surface area is 85.7 Å². The van der Waals surface area contributed by atoms with E-state index in [0.717, 1.165) is 17.3 Å². The molecule has 2 heteroatoms. The van der Waals surface area contributed by atoms with Crippen LogP contribution in [0.2, 0.25) is 0 Å². The summed E-state index contributed by atoms with van der Waals surface area (Å²) in [6, 6.07) is 4.83. The van der Waals surface area contributed by atoms with E-state index >= 15 is 0 Å². The number of nitrogens with one attached hydrogen (secondary N) is 1. The average Bonchev–Trinajstić information content (AvgIpc) is 2.56. The topological polar surface area (TPSA) is 24.9 Å². The van der Waals surface area contributed by atoms with Gasteiger partial charge in [0.15, 0.2) is 0 Å². The standard InChI is InChI=1S/C12H18N2/c1-9-4-3-5-12(9)14-11-7-6-10(2)13-8-11/h6-9,12,14H,3-5H2,1-2H3/t9-,12+/m1/s1.